The predicted molar refractivity (Wildman–Crippen MR) is 112 cm³/mol. The molecule has 0 saturated carbocycles. The van der Waals surface area contributed by atoms with Gasteiger partial charge in [-0.1, -0.05) is 30.3 Å². The van der Waals surface area contributed by atoms with Crippen molar-refractivity contribution in [2.45, 2.75) is 12.5 Å². The van der Waals surface area contributed by atoms with E-state index in [4.69, 9.17) is 9.47 Å². The number of hydrogen-bond donors (Lipinski definition) is 2. The van der Waals surface area contributed by atoms with E-state index in [1.165, 1.54) is 12.1 Å². The molecule has 2 heterocycles. The van der Waals surface area contributed by atoms with Crippen LogP contribution in [0.5, 0.6) is 11.5 Å². The number of fused-ring (bicyclic) bond motifs is 1. The van der Waals surface area contributed by atoms with Gasteiger partial charge < -0.3 is 25.0 Å². The molecule has 0 aliphatic carbocycles. The van der Waals surface area contributed by atoms with Gasteiger partial charge in [0, 0.05) is 32.4 Å². The van der Waals surface area contributed by atoms with Gasteiger partial charge >= 0.3 is 0 Å². The summed E-state index contributed by atoms with van der Waals surface area (Å²) in [5.41, 5.74) is 1.31. The van der Waals surface area contributed by atoms with Gasteiger partial charge in [0.05, 0.1) is 6.54 Å². The van der Waals surface area contributed by atoms with E-state index in [0.717, 1.165) is 37.1 Å². The molecule has 2 N–H and O–H groups in total. The molecule has 1 saturated heterocycles. The van der Waals surface area contributed by atoms with Crippen LogP contribution in [0, 0.1) is 5.92 Å². The third-order valence-electron chi connectivity index (χ3n) is 5.25. The second-order valence-corrected chi connectivity index (χ2v) is 7.27. The Morgan fingerprint density at radius 2 is 1.79 bits per heavy atom. The molecule has 6 nitrogen and oxygen atoms in total. The molecule has 148 valence electrons. The van der Waals surface area contributed by atoms with Gasteiger partial charge in [0.25, 0.3) is 0 Å². The normalized spacial score (nSPS) is 21.5. The molecule has 2 aliphatic heterocycles. The summed E-state index contributed by atoms with van der Waals surface area (Å²) < 4.78 is 11.8. The van der Waals surface area contributed by atoms with Crippen molar-refractivity contribution in [3.05, 3.63) is 54.6 Å². The highest BCUT2D eigenvalue weighted by atomic mass is 16.6. The van der Waals surface area contributed by atoms with Crippen LogP contribution < -0.4 is 25.0 Å². The summed E-state index contributed by atoms with van der Waals surface area (Å²) in [6, 6.07) is 18.4. The molecule has 0 amide bonds. The smallest absolute Gasteiger partial charge is 0.191 e. The van der Waals surface area contributed by atoms with Gasteiger partial charge in [-0.2, -0.15) is 0 Å². The van der Waals surface area contributed by atoms with Gasteiger partial charge in [0.1, 0.15) is 12.7 Å². The first kappa shape index (κ1) is 18.5. The largest absolute Gasteiger partial charge is 0.486 e. The lowest BCUT2D eigenvalue weighted by molar-refractivity contribution is 0.0936. The molecule has 28 heavy (non-hydrogen) atoms. The molecule has 2 aliphatic rings. The lowest BCUT2D eigenvalue weighted by atomic mass is 10.1. The van der Waals surface area contributed by atoms with E-state index in [-0.39, 0.29) is 6.10 Å². The minimum absolute atomic E-state index is 0.0338. The standard InChI is InChI=1S/C22H28N4O2/c1-23-22(25-14-19-16-27-20-9-5-6-10-21(20)28-19)24-13-17-11-12-26(15-17)18-7-3-2-4-8-18/h2-10,17,19H,11-16H2,1H3,(H2,23,24,25). The van der Waals surface area contributed by atoms with Gasteiger partial charge in [-0.3, -0.25) is 4.99 Å². The summed E-state index contributed by atoms with van der Waals surface area (Å²) in [5.74, 6) is 3.03. The van der Waals surface area contributed by atoms with Crippen molar-refractivity contribution in [2.75, 3.05) is 44.7 Å². The molecule has 0 radical (unpaired) electrons. The maximum atomic E-state index is 5.99. The Morgan fingerprint density at radius 3 is 2.61 bits per heavy atom. The van der Waals surface area contributed by atoms with Gasteiger partial charge in [0.2, 0.25) is 0 Å². The lowest BCUT2D eigenvalue weighted by Crippen LogP contribution is -2.46. The summed E-state index contributed by atoms with van der Waals surface area (Å²) in [5, 5.41) is 6.82. The quantitative estimate of drug-likeness (QED) is 0.617. The number of benzene rings is 2. The van der Waals surface area contributed by atoms with E-state index in [9.17, 15) is 0 Å². The Morgan fingerprint density at radius 1 is 1.04 bits per heavy atom. The Hall–Kier alpha value is -2.89. The highest BCUT2D eigenvalue weighted by Gasteiger charge is 2.23. The zero-order valence-electron chi connectivity index (χ0n) is 16.3. The number of guanidine groups is 1. The van der Waals surface area contributed by atoms with E-state index in [2.05, 4.69) is 50.9 Å². The number of nitrogens with one attached hydrogen (secondary N) is 2. The Kier molecular flexibility index (Phi) is 5.85. The van der Waals surface area contributed by atoms with Crippen molar-refractivity contribution in [1.82, 2.24) is 10.6 Å². The predicted octanol–water partition coefficient (Wildman–Crippen LogP) is 2.52. The fourth-order valence-corrected chi connectivity index (χ4v) is 3.71. The molecule has 0 spiro atoms. The molecule has 2 aromatic carbocycles. The molecular weight excluding hydrogens is 352 g/mol. The van der Waals surface area contributed by atoms with Crippen LogP contribution in [0.2, 0.25) is 0 Å². The van der Waals surface area contributed by atoms with Gasteiger partial charge in [-0.15, -0.1) is 0 Å². The summed E-state index contributed by atoms with van der Waals surface area (Å²) in [6.45, 7) is 4.28. The number of anilines is 1. The Bertz CT molecular complexity index is 796. The van der Waals surface area contributed by atoms with E-state index in [1.807, 2.05) is 24.3 Å². The van der Waals surface area contributed by atoms with Crippen molar-refractivity contribution in [1.29, 1.82) is 0 Å². The maximum absolute atomic E-state index is 5.99. The van der Waals surface area contributed by atoms with Crippen LogP contribution in [0.25, 0.3) is 0 Å². The summed E-state index contributed by atoms with van der Waals surface area (Å²) in [4.78, 5) is 6.79. The molecule has 4 rings (SSSR count). The van der Waals surface area contributed by atoms with Crippen molar-refractivity contribution in [2.24, 2.45) is 10.9 Å². The number of ether oxygens (including phenoxy) is 2. The van der Waals surface area contributed by atoms with E-state index >= 15 is 0 Å². The second kappa shape index (κ2) is 8.87. The average Bonchev–Trinajstić information content (AvgIpc) is 3.23. The number of aliphatic imine (C=N–C) groups is 1. The third kappa shape index (κ3) is 4.50. The molecule has 2 unspecified atom stereocenters. The van der Waals surface area contributed by atoms with Crippen molar-refractivity contribution >= 4 is 11.6 Å². The Labute approximate surface area is 166 Å². The van der Waals surface area contributed by atoms with E-state index in [1.54, 1.807) is 7.05 Å². The van der Waals surface area contributed by atoms with Crippen molar-refractivity contribution < 1.29 is 9.47 Å². The minimum atomic E-state index is -0.0338. The molecule has 2 aromatic rings. The number of hydrogen-bond acceptors (Lipinski definition) is 4. The number of rotatable bonds is 5. The average molecular weight is 380 g/mol. The minimum Gasteiger partial charge on any atom is -0.486 e. The lowest BCUT2D eigenvalue weighted by Gasteiger charge is -2.27. The highest BCUT2D eigenvalue weighted by Crippen LogP contribution is 2.30. The monoisotopic (exact) mass is 380 g/mol. The van der Waals surface area contributed by atoms with E-state index in [0.29, 0.717) is 19.1 Å². The second-order valence-electron chi connectivity index (χ2n) is 7.27. The fourth-order valence-electron chi connectivity index (χ4n) is 3.71. The fraction of sp³-hybridized carbons (Fsp3) is 0.409. The first-order chi connectivity index (χ1) is 13.8. The highest BCUT2D eigenvalue weighted by molar-refractivity contribution is 5.79. The number of para-hydroxylation sites is 3. The zero-order chi connectivity index (χ0) is 19.2. The van der Waals surface area contributed by atoms with Crippen LogP contribution in [-0.2, 0) is 0 Å². The van der Waals surface area contributed by atoms with Gasteiger partial charge in [0.15, 0.2) is 17.5 Å². The van der Waals surface area contributed by atoms with Crippen molar-refractivity contribution in [3.63, 3.8) is 0 Å². The third-order valence-corrected chi connectivity index (χ3v) is 5.25. The molecule has 2 atom stereocenters. The van der Waals surface area contributed by atoms with Crippen LogP contribution in [-0.4, -0.2) is 51.9 Å². The van der Waals surface area contributed by atoms with Crippen LogP contribution in [0.15, 0.2) is 59.6 Å². The molecule has 0 aromatic heterocycles. The molecule has 1 fully saturated rings. The first-order valence-corrected chi connectivity index (χ1v) is 9.95. The van der Waals surface area contributed by atoms with Crippen LogP contribution >= 0.6 is 0 Å². The summed E-state index contributed by atoms with van der Waals surface area (Å²) >= 11 is 0. The molecular formula is C22H28N4O2. The Balaban J connectivity index is 1.21. The van der Waals surface area contributed by atoms with Crippen LogP contribution in [0.4, 0.5) is 5.69 Å². The van der Waals surface area contributed by atoms with Gasteiger partial charge in [-0.05, 0) is 36.6 Å². The molecule has 6 heteroatoms. The maximum Gasteiger partial charge on any atom is 0.191 e. The summed E-state index contributed by atoms with van der Waals surface area (Å²) in [6.07, 6.45) is 1.16. The topological polar surface area (TPSA) is 58.1 Å². The van der Waals surface area contributed by atoms with Crippen LogP contribution in [0.3, 0.4) is 0 Å². The van der Waals surface area contributed by atoms with Crippen molar-refractivity contribution in [3.8, 4) is 11.5 Å². The van der Waals surface area contributed by atoms with E-state index < -0.39 is 0 Å². The number of nitrogens with zero attached hydrogens (tertiary/aromatic N) is 2. The first-order valence-electron chi connectivity index (χ1n) is 9.95. The summed E-state index contributed by atoms with van der Waals surface area (Å²) in [7, 11) is 1.80. The zero-order valence-corrected chi connectivity index (χ0v) is 16.3. The SMILES string of the molecule is CN=C(NCC1CCN(c2ccccc2)C1)NCC1COc2ccccc2O1. The van der Waals surface area contributed by atoms with Gasteiger partial charge in [-0.25, -0.2) is 0 Å². The molecule has 0 bridgehead atoms. The van der Waals surface area contributed by atoms with Crippen LogP contribution in [0.1, 0.15) is 6.42 Å².